The molecule has 3 nitrogen and oxygen atoms in total. The highest BCUT2D eigenvalue weighted by Crippen LogP contribution is 2.68. The third-order valence-electron chi connectivity index (χ3n) is 11.4. The van der Waals surface area contributed by atoms with E-state index in [1.807, 2.05) is 13.0 Å². The Morgan fingerprint density at radius 3 is 2.44 bits per heavy atom. The van der Waals surface area contributed by atoms with Gasteiger partial charge in [0.2, 0.25) is 0 Å². The van der Waals surface area contributed by atoms with Crippen LogP contribution in [0.25, 0.3) is 0 Å². The van der Waals surface area contributed by atoms with Gasteiger partial charge in [0.25, 0.3) is 0 Å². The quantitative estimate of drug-likeness (QED) is 0.405. The van der Waals surface area contributed by atoms with Crippen LogP contribution in [0.2, 0.25) is 0 Å². The summed E-state index contributed by atoms with van der Waals surface area (Å²) in [4.78, 5) is 11.8. The molecule has 0 aromatic heterocycles. The Morgan fingerprint density at radius 1 is 1.06 bits per heavy atom. The highest BCUT2D eigenvalue weighted by Gasteiger charge is 2.61. The van der Waals surface area contributed by atoms with Gasteiger partial charge in [0.1, 0.15) is 6.10 Å². The zero-order chi connectivity index (χ0) is 23.1. The average Bonchev–Trinajstić information content (AvgIpc) is 3.23. The summed E-state index contributed by atoms with van der Waals surface area (Å²) in [5, 5.41) is 10.8. The van der Waals surface area contributed by atoms with Gasteiger partial charge in [0.15, 0.2) is 0 Å². The second kappa shape index (κ2) is 7.45. The minimum atomic E-state index is -0.163. The second-order valence-corrected chi connectivity index (χ2v) is 13.2. The minimum absolute atomic E-state index is 0.00682. The highest BCUT2D eigenvalue weighted by atomic mass is 16.5. The Morgan fingerprint density at radius 2 is 1.75 bits per heavy atom. The molecule has 3 saturated carbocycles. The molecule has 0 aromatic rings. The van der Waals surface area contributed by atoms with Crippen molar-refractivity contribution >= 4 is 5.97 Å². The zero-order valence-corrected chi connectivity index (χ0v) is 21.1. The van der Waals surface area contributed by atoms with Crippen molar-refractivity contribution in [3.05, 3.63) is 23.3 Å². The van der Waals surface area contributed by atoms with Crippen LogP contribution in [-0.2, 0) is 9.53 Å². The lowest BCUT2D eigenvalue weighted by molar-refractivity contribution is -0.140. The fourth-order valence-corrected chi connectivity index (χ4v) is 9.54. The molecule has 9 atom stereocenters. The summed E-state index contributed by atoms with van der Waals surface area (Å²) >= 11 is 0. The van der Waals surface area contributed by atoms with Crippen molar-refractivity contribution in [2.45, 2.75) is 105 Å². The molecule has 4 aliphatic carbocycles. The van der Waals surface area contributed by atoms with E-state index in [-0.39, 0.29) is 23.6 Å². The van der Waals surface area contributed by atoms with Crippen molar-refractivity contribution in [2.75, 3.05) is 0 Å². The van der Waals surface area contributed by atoms with Gasteiger partial charge in [-0.25, -0.2) is 4.79 Å². The lowest BCUT2D eigenvalue weighted by Crippen LogP contribution is -2.56. The molecule has 5 rings (SSSR count). The van der Waals surface area contributed by atoms with Gasteiger partial charge in [-0.1, -0.05) is 46.3 Å². The summed E-state index contributed by atoms with van der Waals surface area (Å²) in [6.07, 6.45) is 14.0. The molecule has 1 aliphatic heterocycles. The van der Waals surface area contributed by atoms with Crippen molar-refractivity contribution in [2.24, 2.45) is 45.8 Å². The van der Waals surface area contributed by atoms with E-state index in [2.05, 4.69) is 40.7 Å². The molecule has 0 spiro atoms. The van der Waals surface area contributed by atoms with Crippen molar-refractivity contribution in [1.82, 2.24) is 0 Å². The summed E-state index contributed by atoms with van der Waals surface area (Å²) in [7, 11) is 0. The number of allylic oxidation sites excluding steroid dienone is 2. The van der Waals surface area contributed by atoms with Gasteiger partial charge in [0.05, 0.1) is 6.10 Å². The summed E-state index contributed by atoms with van der Waals surface area (Å²) in [6, 6.07) is 0. The number of rotatable bonds is 3. The van der Waals surface area contributed by atoms with Gasteiger partial charge >= 0.3 is 5.97 Å². The van der Waals surface area contributed by atoms with Gasteiger partial charge < -0.3 is 9.84 Å². The molecule has 0 aromatic carbocycles. The predicted octanol–water partition coefficient (Wildman–Crippen LogP) is 6.46. The first-order valence-electron chi connectivity index (χ1n) is 13.3. The molecule has 0 unspecified atom stereocenters. The average molecular weight is 441 g/mol. The Hall–Kier alpha value is -1.09. The number of esters is 1. The van der Waals surface area contributed by atoms with Gasteiger partial charge in [0, 0.05) is 5.57 Å². The van der Waals surface area contributed by atoms with Crippen LogP contribution in [0.3, 0.4) is 0 Å². The number of cyclic esters (lactones) is 1. The van der Waals surface area contributed by atoms with Crippen LogP contribution in [0, 0.1) is 45.8 Å². The molecule has 0 saturated heterocycles. The fraction of sp³-hybridized carbons (Fsp3) is 0.828. The Bertz CT molecular complexity index is 852. The molecule has 3 heteroatoms. The number of carbonyl (C=O) groups is 1. The summed E-state index contributed by atoms with van der Waals surface area (Å²) < 4.78 is 5.60. The lowest BCUT2D eigenvalue weighted by atomic mass is 9.43. The largest absolute Gasteiger partial charge is 0.455 e. The van der Waals surface area contributed by atoms with E-state index in [1.54, 1.807) is 5.57 Å². The van der Waals surface area contributed by atoms with Crippen molar-refractivity contribution < 1.29 is 14.6 Å². The molecule has 5 aliphatic rings. The number of hydrogen-bond acceptors (Lipinski definition) is 3. The topological polar surface area (TPSA) is 46.5 Å². The van der Waals surface area contributed by atoms with E-state index in [0.717, 1.165) is 24.8 Å². The van der Waals surface area contributed by atoms with Crippen molar-refractivity contribution in [1.29, 1.82) is 0 Å². The van der Waals surface area contributed by atoms with Gasteiger partial charge in [-0.2, -0.15) is 0 Å². The highest BCUT2D eigenvalue weighted by molar-refractivity contribution is 5.90. The molecule has 32 heavy (non-hydrogen) atoms. The summed E-state index contributed by atoms with van der Waals surface area (Å²) in [5.74, 6) is 3.13. The van der Waals surface area contributed by atoms with Crippen LogP contribution in [0.1, 0.15) is 92.9 Å². The molecular formula is C29H44O3. The number of hydrogen-bond donors (Lipinski definition) is 1. The first kappa shape index (κ1) is 22.7. The van der Waals surface area contributed by atoms with Gasteiger partial charge in [-0.15, -0.1) is 0 Å². The molecule has 0 bridgehead atoms. The molecule has 3 fully saturated rings. The molecule has 178 valence electrons. The van der Waals surface area contributed by atoms with Crippen LogP contribution in [0.4, 0.5) is 0 Å². The van der Waals surface area contributed by atoms with E-state index in [9.17, 15) is 9.90 Å². The smallest absolute Gasteiger partial charge is 0.334 e. The zero-order valence-electron chi connectivity index (χ0n) is 21.1. The minimum Gasteiger partial charge on any atom is -0.455 e. The van der Waals surface area contributed by atoms with E-state index in [4.69, 9.17) is 4.74 Å². The maximum absolute atomic E-state index is 11.8. The molecule has 1 heterocycles. The van der Waals surface area contributed by atoms with Crippen LogP contribution in [0.5, 0.6) is 0 Å². The first-order valence-corrected chi connectivity index (χ1v) is 13.3. The Kier molecular flexibility index (Phi) is 5.29. The third-order valence-corrected chi connectivity index (χ3v) is 11.4. The van der Waals surface area contributed by atoms with Crippen LogP contribution < -0.4 is 0 Å². The van der Waals surface area contributed by atoms with Crippen LogP contribution in [-0.4, -0.2) is 23.3 Å². The molecule has 0 amide bonds. The number of carbonyl (C=O) groups excluding carboxylic acids is 1. The van der Waals surface area contributed by atoms with E-state index < -0.39 is 0 Å². The van der Waals surface area contributed by atoms with E-state index in [0.29, 0.717) is 40.4 Å². The lowest BCUT2D eigenvalue weighted by Gasteiger charge is -2.62. The van der Waals surface area contributed by atoms with E-state index >= 15 is 0 Å². The monoisotopic (exact) mass is 440 g/mol. The second-order valence-electron chi connectivity index (χ2n) is 13.2. The third kappa shape index (κ3) is 3.12. The SMILES string of the molecule is CC1=C[C@@H](C[C@@H](C)[C@H]2CC[C@H]3C4=CC[C@H]5C(C)(C)[C@@H](O)CC[C@]5(C)[C@H]4CC[C@]23C)OC1=O. The number of aliphatic hydroxyl groups is 1. The summed E-state index contributed by atoms with van der Waals surface area (Å²) in [6.45, 7) is 14.0. The normalized spacial score (nSPS) is 48.2. The first-order chi connectivity index (χ1) is 15.0. The maximum atomic E-state index is 11.8. The molecule has 0 radical (unpaired) electrons. The van der Waals surface area contributed by atoms with Crippen molar-refractivity contribution in [3.8, 4) is 0 Å². The standard InChI is InChI=1S/C29H44O3/c1-17(15-19-16-18(2)26(31)32-19)21-8-9-22-20-7-10-24-27(3,4)25(30)12-14-29(24,6)23(20)11-13-28(21,22)5/h7,16-17,19,21-25,30H,8-15H2,1-6H3/t17-,19-,21-,22+,23+,24+,25+,28-,29-/m1/s1. The molecular weight excluding hydrogens is 396 g/mol. The fourth-order valence-electron chi connectivity index (χ4n) is 9.54. The van der Waals surface area contributed by atoms with E-state index in [1.165, 1.54) is 32.1 Å². The number of aliphatic hydroxyl groups excluding tert-OH is 1. The van der Waals surface area contributed by atoms with Crippen LogP contribution in [0.15, 0.2) is 23.3 Å². The van der Waals surface area contributed by atoms with Gasteiger partial charge in [-0.05, 0) is 110 Å². The Labute approximate surface area is 195 Å². The number of fused-ring (bicyclic) bond motifs is 5. The van der Waals surface area contributed by atoms with Gasteiger partial charge in [-0.3, -0.25) is 0 Å². The number of ether oxygens (including phenoxy) is 1. The molecule has 1 N–H and O–H groups in total. The van der Waals surface area contributed by atoms with Crippen LogP contribution >= 0.6 is 0 Å². The predicted molar refractivity (Wildman–Crippen MR) is 128 cm³/mol. The Balaban J connectivity index is 1.37. The maximum Gasteiger partial charge on any atom is 0.334 e. The summed E-state index contributed by atoms with van der Waals surface area (Å²) in [5.41, 5.74) is 3.26. The van der Waals surface area contributed by atoms with Crippen molar-refractivity contribution in [3.63, 3.8) is 0 Å².